The third-order valence-electron chi connectivity index (χ3n) is 3.42. The van der Waals surface area contributed by atoms with Crippen LogP contribution in [0.4, 0.5) is 5.95 Å². The molecule has 0 bridgehead atoms. The molecule has 7 nitrogen and oxygen atoms in total. The molecular formula is C15H17N5O2. The molecule has 0 aliphatic rings. The number of imidazole rings is 1. The summed E-state index contributed by atoms with van der Waals surface area (Å²) in [4.78, 5) is 25.5. The number of hydrogen-bond donors (Lipinski definition) is 1. The van der Waals surface area contributed by atoms with E-state index in [1.165, 1.54) is 0 Å². The maximum absolute atomic E-state index is 12.2. The van der Waals surface area contributed by atoms with E-state index < -0.39 is 0 Å². The predicted molar refractivity (Wildman–Crippen MR) is 84.6 cm³/mol. The Labute approximate surface area is 127 Å². The SMILES string of the molecule is COCCN(C)c1nc2c(ncn2-c2ccccc2)c(=O)[nH]1. The topological polar surface area (TPSA) is 76.0 Å². The highest BCUT2D eigenvalue weighted by Crippen LogP contribution is 2.15. The zero-order valence-corrected chi connectivity index (χ0v) is 12.5. The molecule has 22 heavy (non-hydrogen) atoms. The summed E-state index contributed by atoms with van der Waals surface area (Å²) in [6.45, 7) is 1.18. The highest BCUT2D eigenvalue weighted by Gasteiger charge is 2.13. The van der Waals surface area contributed by atoms with Crippen LogP contribution in [-0.4, -0.2) is 46.8 Å². The number of aromatic nitrogens is 4. The Balaban J connectivity index is 2.10. The number of rotatable bonds is 5. The van der Waals surface area contributed by atoms with Crippen LogP contribution in [0.15, 0.2) is 41.5 Å². The second-order valence-corrected chi connectivity index (χ2v) is 4.93. The maximum Gasteiger partial charge on any atom is 0.280 e. The van der Waals surface area contributed by atoms with E-state index in [0.717, 1.165) is 5.69 Å². The van der Waals surface area contributed by atoms with Gasteiger partial charge < -0.3 is 9.64 Å². The quantitative estimate of drug-likeness (QED) is 0.766. The van der Waals surface area contributed by atoms with E-state index in [9.17, 15) is 4.79 Å². The van der Waals surface area contributed by atoms with Crippen molar-refractivity contribution < 1.29 is 4.74 Å². The molecule has 2 aromatic heterocycles. The van der Waals surface area contributed by atoms with Gasteiger partial charge in [-0.2, -0.15) is 4.98 Å². The molecule has 0 aliphatic heterocycles. The zero-order chi connectivity index (χ0) is 15.5. The van der Waals surface area contributed by atoms with Crippen LogP contribution >= 0.6 is 0 Å². The fourth-order valence-electron chi connectivity index (χ4n) is 2.19. The summed E-state index contributed by atoms with van der Waals surface area (Å²) < 4.78 is 6.85. The highest BCUT2D eigenvalue weighted by molar-refractivity contribution is 5.73. The molecule has 0 saturated heterocycles. The van der Waals surface area contributed by atoms with Gasteiger partial charge in [0.25, 0.3) is 5.56 Å². The number of ether oxygens (including phenoxy) is 1. The molecule has 3 rings (SSSR count). The first-order chi connectivity index (χ1) is 10.7. The molecule has 7 heteroatoms. The lowest BCUT2D eigenvalue weighted by atomic mass is 10.3. The second kappa shape index (κ2) is 5.98. The summed E-state index contributed by atoms with van der Waals surface area (Å²) in [5.41, 5.74) is 1.52. The molecule has 0 unspecified atom stereocenters. The van der Waals surface area contributed by atoms with Crippen molar-refractivity contribution in [1.29, 1.82) is 0 Å². The Kier molecular flexibility index (Phi) is 3.88. The Morgan fingerprint density at radius 3 is 2.82 bits per heavy atom. The molecule has 0 amide bonds. The van der Waals surface area contributed by atoms with Crippen molar-refractivity contribution in [2.45, 2.75) is 0 Å². The standard InChI is InChI=1S/C15H17N5O2/c1-19(8-9-22-2)15-17-13-12(14(21)18-15)16-10-20(13)11-6-4-3-5-7-11/h3-7,10H,8-9H2,1-2H3,(H,17,18,21). The fourth-order valence-corrected chi connectivity index (χ4v) is 2.19. The van der Waals surface area contributed by atoms with Gasteiger partial charge in [0.15, 0.2) is 11.2 Å². The Morgan fingerprint density at radius 1 is 1.32 bits per heavy atom. The fraction of sp³-hybridized carbons (Fsp3) is 0.267. The number of hydrogen-bond acceptors (Lipinski definition) is 5. The number of H-pyrrole nitrogens is 1. The Hall–Kier alpha value is -2.67. The minimum atomic E-state index is -0.251. The summed E-state index contributed by atoms with van der Waals surface area (Å²) in [5.74, 6) is 0.493. The molecule has 1 N–H and O–H groups in total. The first-order valence-corrected chi connectivity index (χ1v) is 6.93. The third-order valence-corrected chi connectivity index (χ3v) is 3.42. The molecule has 2 heterocycles. The van der Waals surface area contributed by atoms with Gasteiger partial charge in [-0.15, -0.1) is 0 Å². The molecule has 0 spiro atoms. The van der Waals surface area contributed by atoms with E-state index in [1.807, 2.05) is 42.3 Å². The molecule has 0 radical (unpaired) electrons. The monoisotopic (exact) mass is 299 g/mol. The normalized spacial score (nSPS) is 11.0. The van der Waals surface area contributed by atoms with Gasteiger partial charge in [0.05, 0.1) is 6.61 Å². The summed E-state index contributed by atoms with van der Waals surface area (Å²) in [6, 6.07) is 9.68. The largest absolute Gasteiger partial charge is 0.383 e. The summed E-state index contributed by atoms with van der Waals surface area (Å²) in [5, 5.41) is 0. The van der Waals surface area contributed by atoms with Gasteiger partial charge in [-0.25, -0.2) is 4.98 Å². The van der Waals surface area contributed by atoms with Gasteiger partial charge >= 0.3 is 0 Å². The number of methoxy groups -OCH3 is 1. The number of fused-ring (bicyclic) bond motifs is 1. The van der Waals surface area contributed by atoms with Crippen LogP contribution in [0.5, 0.6) is 0 Å². The number of nitrogens with zero attached hydrogens (tertiary/aromatic N) is 4. The van der Waals surface area contributed by atoms with Crippen LogP contribution in [-0.2, 0) is 4.74 Å². The number of benzene rings is 1. The number of para-hydroxylation sites is 1. The van der Waals surface area contributed by atoms with E-state index in [1.54, 1.807) is 18.0 Å². The molecule has 0 atom stereocenters. The van der Waals surface area contributed by atoms with E-state index in [0.29, 0.717) is 30.3 Å². The average Bonchev–Trinajstić information content (AvgIpc) is 2.98. The smallest absolute Gasteiger partial charge is 0.280 e. The summed E-state index contributed by atoms with van der Waals surface area (Å²) in [7, 11) is 3.49. The van der Waals surface area contributed by atoms with Crippen molar-refractivity contribution in [1.82, 2.24) is 19.5 Å². The highest BCUT2D eigenvalue weighted by atomic mass is 16.5. The lowest BCUT2D eigenvalue weighted by Crippen LogP contribution is -2.26. The van der Waals surface area contributed by atoms with Gasteiger partial charge in [-0.05, 0) is 12.1 Å². The van der Waals surface area contributed by atoms with E-state index in [-0.39, 0.29) is 5.56 Å². The molecule has 3 aromatic rings. The van der Waals surface area contributed by atoms with Crippen LogP contribution < -0.4 is 10.5 Å². The molecule has 1 aromatic carbocycles. The number of aromatic amines is 1. The minimum absolute atomic E-state index is 0.251. The molecule has 0 aliphatic carbocycles. The predicted octanol–water partition coefficient (Wildman–Crippen LogP) is 1.19. The van der Waals surface area contributed by atoms with Crippen LogP contribution in [0.1, 0.15) is 0 Å². The van der Waals surface area contributed by atoms with Crippen molar-refractivity contribution in [2.75, 3.05) is 32.2 Å². The average molecular weight is 299 g/mol. The van der Waals surface area contributed by atoms with Crippen molar-refractivity contribution >= 4 is 17.1 Å². The van der Waals surface area contributed by atoms with Crippen molar-refractivity contribution in [3.63, 3.8) is 0 Å². The summed E-state index contributed by atoms with van der Waals surface area (Å²) >= 11 is 0. The molecule has 0 saturated carbocycles. The van der Waals surface area contributed by atoms with Crippen LogP contribution in [0.2, 0.25) is 0 Å². The van der Waals surface area contributed by atoms with Gasteiger partial charge in [-0.1, -0.05) is 18.2 Å². The van der Waals surface area contributed by atoms with Crippen molar-refractivity contribution in [3.05, 3.63) is 47.0 Å². The molecule has 0 fully saturated rings. The lowest BCUT2D eigenvalue weighted by molar-refractivity contribution is 0.206. The first kappa shape index (κ1) is 14.3. The second-order valence-electron chi connectivity index (χ2n) is 4.93. The van der Waals surface area contributed by atoms with Gasteiger partial charge in [0.2, 0.25) is 5.95 Å². The number of nitrogens with one attached hydrogen (secondary N) is 1. The van der Waals surface area contributed by atoms with Gasteiger partial charge in [-0.3, -0.25) is 14.3 Å². The lowest BCUT2D eigenvalue weighted by Gasteiger charge is -2.16. The van der Waals surface area contributed by atoms with E-state index >= 15 is 0 Å². The summed E-state index contributed by atoms with van der Waals surface area (Å²) in [6.07, 6.45) is 1.61. The minimum Gasteiger partial charge on any atom is -0.383 e. The van der Waals surface area contributed by atoms with Crippen molar-refractivity contribution in [2.24, 2.45) is 0 Å². The number of likely N-dealkylation sites (N-methyl/N-ethyl adjacent to an activating group) is 1. The first-order valence-electron chi connectivity index (χ1n) is 6.93. The number of anilines is 1. The van der Waals surface area contributed by atoms with Crippen LogP contribution in [0.25, 0.3) is 16.9 Å². The zero-order valence-electron chi connectivity index (χ0n) is 12.5. The Bertz CT molecular complexity index is 825. The molecular weight excluding hydrogens is 282 g/mol. The molecule has 114 valence electrons. The maximum atomic E-state index is 12.2. The van der Waals surface area contributed by atoms with E-state index in [4.69, 9.17) is 4.74 Å². The van der Waals surface area contributed by atoms with Gasteiger partial charge in [0.1, 0.15) is 6.33 Å². The third kappa shape index (κ3) is 2.58. The van der Waals surface area contributed by atoms with E-state index in [2.05, 4.69) is 15.0 Å². The Morgan fingerprint density at radius 2 is 2.09 bits per heavy atom. The van der Waals surface area contributed by atoms with Crippen molar-refractivity contribution in [3.8, 4) is 5.69 Å². The van der Waals surface area contributed by atoms with Crippen LogP contribution in [0.3, 0.4) is 0 Å². The van der Waals surface area contributed by atoms with Gasteiger partial charge in [0, 0.05) is 26.4 Å². The van der Waals surface area contributed by atoms with Crippen LogP contribution in [0, 0.1) is 0 Å².